The molecule has 0 unspecified atom stereocenters. The van der Waals surface area contributed by atoms with Crippen molar-refractivity contribution in [2.45, 2.75) is 32.4 Å². The fourth-order valence-electron chi connectivity index (χ4n) is 2.21. The van der Waals surface area contributed by atoms with Gasteiger partial charge in [0.2, 0.25) is 0 Å². The third-order valence-electron chi connectivity index (χ3n) is 3.32. The van der Waals surface area contributed by atoms with E-state index in [1.807, 2.05) is 0 Å². The van der Waals surface area contributed by atoms with Gasteiger partial charge in [-0.05, 0) is 39.0 Å². The summed E-state index contributed by atoms with van der Waals surface area (Å²) in [5, 5.41) is 0. The fraction of sp³-hybridized carbons (Fsp3) is 0.571. The van der Waals surface area contributed by atoms with Gasteiger partial charge >= 0.3 is 0 Å². The Balaban J connectivity index is 2.21. The molecule has 1 aliphatic rings. The van der Waals surface area contributed by atoms with Crippen LogP contribution in [0, 0.1) is 11.6 Å². The number of hydrogen-bond acceptors (Lipinski definition) is 2. The highest BCUT2D eigenvalue weighted by Gasteiger charge is 2.30. The van der Waals surface area contributed by atoms with Gasteiger partial charge in [-0.25, -0.2) is 8.78 Å². The van der Waals surface area contributed by atoms with Crippen molar-refractivity contribution in [3.05, 3.63) is 35.4 Å². The molecule has 0 spiro atoms. The number of morpholine rings is 1. The molecule has 2 nitrogen and oxygen atoms in total. The van der Waals surface area contributed by atoms with Crippen molar-refractivity contribution >= 4 is 0 Å². The second-order valence-corrected chi connectivity index (χ2v) is 5.64. The number of hydrogen-bond donors (Lipinski definition) is 0. The van der Waals surface area contributed by atoms with Crippen LogP contribution in [-0.4, -0.2) is 30.1 Å². The summed E-state index contributed by atoms with van der Waals surface area (Å²) < 4.78 is 32.5. The molecule has 0 aromatic heterocycles. The van der Waals surface area contributed by atoms with E-state index in [-0.39, 0.29) is 5.54 Å². The molecule has 0 amide bonds. The summed E-state index contributed by atoms with van der Waals surface area (Å²) in [5.74, 6) is -0.833. The highest BCUT2D eigenvalue weighted by atomic mass is 19.1. The molecule has 0 N–H and O–H groups in total. The zero-order valence-corrected chi connectivity index (χ0v) is 11.0. The van der Waals surface area contributed by atoms with E-state index in [0.29, 0.717) is 18.7 Å². The van der Waals surface area contributed by atoms with Crippen LogP contribution in [-0.2, 0) is 4.74 Å². The topological polar surface area (TPSA) is 12.5 Å². The number of ether oxygens (including phenoxy) is 1. The van der Waals surface area contributed by atoms with Crippen LogP contribution in [0.4, 0.5) is 8.78 Å². The van der Waals surface area contributed by atoms with E-state index in [0.717, 1.165) is 18.7 Å². The molecule has 0 bridgehead atoms. The monoisotopic (exact) mass is 255 g/mol. The molecular weight excluding hydrogens is 236 g/mol. The van der Waals surface area contributed by atoms with E-state index in [1.165, 1.54) is 6.07 Å². The third kappa shape index (κ3) is 2.87. The molecule has 1 fully saturated rings. The zero-order valence-electron chi connectivity index (χ0n) is 11.0. The third-order valence-corrected chi connectivity index (χ3v) is 3.32. The summed E-state index contributed by atoms with van der Waals surface area (Å²) in [6.45, 7) is 8.27. The Hall–Kier alpha value is -1.00. The van der Waals surface area contributed by atoms with Crippen LogP contribution in [0.2, 0.25) is 0 Å². The summed E-state index contributed by atoms with van der Waals surface area (Å²) in [7, 11) is 0. The van der Waals surface area contributed by atoms with Crippen molar-refractivity contribution in [2.75, 3.05) is 19.7 Å². The normalized spacial score (nSPS) is 22.2. The summed E-state index contributed by atoms with van der Waals surface area (Å²) in [6.07, 6.45) is -0.395. The number of nitrogens with zero attached hydrogens (tertiary/aromatic N) is 1. The molecule has 1 aliphatic heterocycles. The van der Waals surface area contributed by atoms with Gasteiger partial charge in [0, 0.05) is 24.2 Å². The summed E-state index contributed by atoms with van der Waals surface area (Å²) >= 11 is 0. The zero-order chi connectivity index (χ0) is 13.3. The van der Waals surface area contributed by atoms with Gasteiger partial charge in [-0.15, -0.1) is 0 Å². The van der Waals surface area contributed by atoms with E-state index in [4.69, 9.17) is 4.74 Å². The van der Waals surface area contributed by atoms with Crippen molar-refractivity contribution in [3.8, 4) is 0 Å². The molecule has 18 heavy (non-hydrogen) atoms. The van der Waals surface area contributed by atoms with Crippen LogP contribution in [0.3, 0.4) is 0 Å². The van der Waals surface area contributed by atoms with Crippen molar-refractivity contribution < 1.29 is 13.5 Å². The highest BCUT2D eigenvalue weighted by molar-refractivity contribution is 5.22. The first kappa shape index (κ1) is 13.4. The Labute approximate surface area is 107 Å². The fourth-order valence-corrected chi connectivity index (χ4v) is 2.21. The van der Waals surface area contributed by atoms with Crippen LogP contribution in [0.5, 0.6) is 0 Å². The standard InChI is InChI=1S/C14H19F2NO/c1-14(2,3)17-6-7-18-13(9-17)11-8-10(15)4-5-12(11)16/h4-5,8,13H,6-7,9H2,1-3H3/t13-/m1/s1. The molecule has 1 aromatic rings. The second kappa shape index (κ2) is 4.94. The minimum atomic E-state index is -0.428. The maximum atomic E-state index is 13.7. The summed E-state index contributed by atoms with van der Waals surface area (Å²) in [5.41, 5.74) is 0.315. The lowest BCUT2D eigenvalue weighted by Crippen LogP contribution is -2.49. The van der Waals surface area contributed by atoms with Crippen molar-refractivity contribution in [3.63, 3.8) is 0 Å². The molecule has 100 valence electrons. The molecule has 2 rings (SSSR count). The van der Waals surface area contributed by atoms with Gasteiger partial charge in [-0.1, -0.05) is 0 Å². The van der Waals surface area contributed by atoms with E-state index < -0.39 is 17.7 Å². The molecule has 0 aliphatic carbocycles. The number of rotatable bonds is 1. The van der Waals surface area contributed by atoms with Crippen LogP contribution in [0.15, 0.2) is 18.2 Å². The van der Waals surface area contributed by atoms with Crippen molar-refractivity contribution in [2.24, 2.45) is 0 Å². The quantitative estimate of drug-likeness (QED) is 0.764. The first-order chi connectivity index (χ1) is 8.38. The predicted molar refractivity (Wildman–Crippen MR) is 66.4 cm³/mol. The van der Waals surface area contributed by atoms with Gasteiger partial charge in [0.25, 0.3) is 0 Å². The maximum absolute atomic E-state index is 13.7. The lowest BCUT2D eigenvalue weighted by molar-refractivity contribution is -0.0610. The van der Waals surface area contributed by atoms with Gasteiger partial charge in [0.05, 0.1) is 12.7 Å². The average molecular weight is 255 g/mol. The first-order valence-corrected chi connectivity index (χ1v) is 6.19. The Bertz CT molecular complexity index is 428. The van der Waals surface area contributed by atoms with E-state index in [2.05, 4.69) is 25.7 Å². The smallest absolute Gasteiger partial charge is 0.129 e. The Morgan fingerprint density at radius 2 is 2.00 bits per heavy atom. The van der Waals surface area contributed by atoms with Crippen LogP contribution in [0.25, 0.3) is 0 Å². The number of halogens is 2. The van der Waals surface area contributed by atoms with Gasteiger partial charge in [0.1, 0.15) is 11.6 Å². The minimum Gasteiger partial charge on any atom is -0.371 e. The molecular formula is C14H19F2NO. The molecule has 0 saturated carbocycles. The van der Waals surface area contributed by atoms with Crippen molar-refractivity contribution in [1.82, 2.24) is 4.90 Å². The van der Waals surface area contributed by atoms with Crippen LogP contribution in [0.1, 0.15) is 32.4 Å². The second-order valence-electron chi connectivity index (χ2n) is 5.64. The van der Waals surface area contributed by atoms with Crippen molar-refractivity contribution in [1.29, 1.82) is 0 Å². The van der Waals surface area contributed by atoms with Gasteiger partial charge in [-0.2, -0.15) is 0 Å². The molecule has 0 radical (unpaired) electrons. The average Bonchev–Trinajstić information content (AvgIpc) is 2.31. The van der Waals surface area contributed by atoms with Gasteiger partial charge in [0.15, 0.2) is 0 Å². The first-order valence-electron chi connectivity index (χ1n) is 6.19. The maximum Gasteiger partial charge on any atom is 0.129 e. The SMILES string of the molecule is CC(C)(C)N1CCO[C@@H](c2cc(F)ccc2F)C1. The highest BCUT2D eigenvalue weighted by Crippen LogP contribution is 2.28. The van der Waals surface area contributed by atoms with E-state index >= 15 is 0 Å². The summed E-state index contributed by atoms with van der Waals surface area (Å²) in [6, 6.07) is 3.51. The lowest BCUT2D eigenvalue weighted by atomic mass is 10.0. The van der Waals surface area contributed by atoms with Crippen LogP contribution >= 0.6 is 0 Å². The molecule has 1 atom stereocenters. The van der Waals surface area contributed by atoms with Gasteiger partial charge < -0.3 is 4.74 Å². The molecule has 4 heteroatoms. The molecule has 1 aromatic carbocycles. The molecule has 1 saturated heterocycles. The number of benzene rings is 1. The van der Waals surface area contributed by atoms with E-state index in [1.54, 1.807) is 0 Å². The van der Waals surface area contributed by atoms with Crippen LogP contribution < -0.4 is 0 Å². The Morgan fingerprint density at radius 3 is 2.67 bits per heavy atom. The molecule has 1 heterocycles. The minimum absolute atomic E-state index is 0.00578. The van der Waals surface area contributed by atoms with Gasteiger partial charge in [-0.3, -0.25) is 4.90 Å². The Kier molecular flexibility index (Phi) is 3.69. The lowest BCUT2D eigenvalue weighted by Gasteiger charge is -2.41. The largest absolute Gasteiger partial charge is 0.371 e. The van der Waals surface area contributed by atoms with E-state index in [9.17, 15) is 8.78 Å². The summed E-state index contributed by atoms with van der Waals surface area (Å²) in [4.78, 5) is 2.23. The Morgan fingerprint density at radius 1 is 1.28 bits per heavy atom. The predicted octanol–water partition coefficient (Wildman–Crippen LogP) is 3.14.